The van der Waals surface area contributed by atoms with E-state index in [-0.39, 0.29) is 5.91 Å². The fourth-order valence-corrected chi connectivity index (χ4v) is 3.78. The summed E-state index contributed by atoms with van der Waals surface area (Å²) in [5.74, 6) is 0.459. The van der Waals surface area contributed by atoms with Crippen LogP contribution in [0.25, 0.3) is 17.1 Å². The molecular weight excluding hydrogens is 424 g/mol. The number of H-pyrrole nitrogens is 1. The molecule has 0 radical (unpaired) electrons. The van der Waals surface area contributed by atoms with Crippen molar-refractivity contribution in [2.24, 2.45) is 4.99 Å². The third kappa shape index (κ3) is 4.64. The number of ether oxygens (including phenoxy) is 1. The fraction of sp³-hybridized carbons (Fsp3) is 0.200. The smallest absolute Gasteiger partial charge is 0.264 e. The van der Waals surface area contributed by atoms with Crippen molar-refractivity contribution < 1.29 is 9.53 Å². The Hall–Kier alpha value is -2.88. The Labute approximate surface area is 182 Å². The van der Waals surface area contributed by atoms with E-state index >= 15 is 0 Å². The van der Waals surface area contributed by atoms with Gasteiger partial charge in [-0.2, -0.15) is 0 Å². The summed E-state index contributed by atoms with van der Waals surface area (Å²) in [5, 5.41) is 4.53. The van der Waals surface area contributed by atoms with Crippen molar-refractivity contribution in [3.63, 3.8) is 0 Å². The number of aliphatic imine (C=N–C) groups is 1. The number of hydrogen-bond acceptors (Lipinski definition) is 7. The summed E-state index contributed by atoms with van der Waals surface area (Å²) < 4.78 is 5.68. The minimum atomic E-state index is -0.218. The summed E-state index contributed by atoms with van der Waals surface area (Å²) in [6.07, 6.45) is 6.76. The molecule has 1 aliphatic rings. The van der Waals surface area contributed by atoms with Crippen LogP contribution in [0.4, 0.5) is 5.69 Å². The standard InChI is InChI=1S/C20H19ClN6O2S/c1-27(2)5-6-29-13-3-4-16(15(21)8-13)25-20-26-19(28)17(30-20)7-12-9-23-18-14(12)10-22-11-24-18/h3-4,7-11H,5-6H2,1-2H3,(H,22,23,24)(H,25,26,28)/b17-7-. The second kappa shape index (κ2) is 8.86. The number of rotatable bonds is 6. The van der Waals surface area contributed by atoms with Crippen molar-refractivity contribution >= 4 is 57.2 Å². The Morgan fingerprint density at radius 3 is 3.03 bits per heavy atom. The van der Waals surface area contributed by atoms with Crippen LogP contribution in [0.1, 0.15) is 5.56 Å². The molecule has 0 atom stereocenters. The number of amidine groups is 1. The number of fused-ring (bicyclic) bond motifs is 1. The molecule has 0 spiro atoms. The SMILES string of the molecule is CN(C)CCOc1ccc(/N=C2/NC(=O)/C(=C/c3c[nH]c4ncncc34)S2)c(Cl)c1. The summed E-state index contributed by atoms with van der Waals surface area (Å²) in [7, 11) is 3.97. The van der Waals surface area contributed by atoms with Gasteiger partial charge < -0.3 is 19.9 Å². The van der Waals surface area contributed by atoms with Gasteiger partial charge >= 0.3 is 0 Å². The summed E-state index contributed by atoms with van der Waals surface area (Å²) in [4.78, 5) is 30.7. The maximum Gasteiger partial charge on any atom is 0.264 e. The van der Waals surface area contributed by atoms with Gasteiger partial charge in [-0.3, -0.25) is 4.79 Å². The minimum absolute atomic E-state index is 0.218. The topological polar surface area (TPSA) is 95.5 Å². The molecule has 1 fully saturated rings. The van der Waals surface area contributed by atoms with Gasteiger partial charge in [-0.05, 0) is 44.1 Å². The molecular formula is C20H19ClN6O2S. The Bertz CT molecular complexity index is 1160. The number of aromatic nitrogens is 3. The van der Waals surface area contributed by atoms with Gasteiger partial charge in [0, 0.05) is 36.0 Å². The number of benzene rings is 1. The number of carbonyl (C=O) groups is 1. The number of nitrogens with one attached hydrogen (secondary N) is 2. The van der Waals surface area contributed by atoms with Gasteiger partial charge in [0.05, 0.1) is 15.6 Å². The molecule has 0 saturated carbocycles. The molecule has 30 heavy (non-hydrogen) atoms. The molecule has 2 N–H and O–H groups in total. The third-order valence-electron chi connectivity index (χ3n) is 4.27. The Balaban J connectivity index is 1.49. The summed E-state index contributed by atoms with van der Waals surface area (Å²) in [6, 6.07) is 5.30. The molecule has 1 aromatic carbocycles. The summed E-state index contributed by atoms with van der Waals surface area (Å²) in [5.41, 5.74) is 2.11. The van der Waals surface area contributed by atoms with Crippen LogP contribution in [0.15, 0.2) is 46.8 Å². The zero-order chi connectivity index (χ0) is 21.1. The second-order valence-electron chi connectivity index (χ2n) is 6.78. The van der Waals surface area contributed by atoms with Crippen LogP contribution < -0.4 is 10.1 Å². The molecule has 0 aliphatic carbocycles. The number of amides is 1. The van der Waals surface area contributed by atoms with E-state index in [1.165, 1.54) is 18.1 Å². The first-order chi connectivity index (χ1) is 14.5. The van der Waals surface area contributed by atoms with Crippen LogP contribution in [0.2, 0.25) is 5.02 Å². The molecule has 10 heteroatoms. The van der Waals surface area contributed by atoms with Gasteiger partial charge in [-0.25, -0.2) is 15.0 Å². The number of likely N-dealkylation sites (N-methyl/N-ethyl adjacent to an activating group) is 1. The number of carbonyl (C=O) groups excluding carboxylic acids is 1. The van der Waals surface area contributed by atoms with Crippen molar-refractivity contribution in [2.45, 2.75) is 0 Å². The zero-order valence-electron chi connectivity index (χ0n) is 16.3. The van der Waals surface area contributed by atoms with Crippen LogP contribution in [0.3, 0.4) is 0 Å². The van der Waals surface area contributed by atoms with Crippen LogP contribution in [-0.4, -0.2) is 58.2 Å². The van der Waals surface area contributed by atoms with Crippen molar-refractivity contribution in [1.29, 1.82) is 0 Å². The van der Waals surface area contributed by atoms with Gasteiger partial charge in [0.2, 0.25) is 0 Å². The maximum atomic E-state index is 12.4. The van der Waals surface area contributed by atoms with Gasteiger partial charge in [0.25, 0.3) is 5.91 Å². The molecule has 1 amide bonds. The van der Waals surface area contributed by atoms with Crippen LogP contribution in [-0.2, 0) is 4.79 Å². The molecule has 0 unspecified atom stereocenters. The highest BCUT2D eigenvalue weighted by atomic mass is 35.5. The van der Waals surface area contributed by atoms with Gasteiger partial charge in [0.15, 0.2) is 5.17 Å². The average Bonchev–Trinajstić information content (AvgIpc) is 3.27. The van der Waals surface area contributed by atoms with Crippen molar-refractivity contribution in [3.05, 3.63) is 52.4 Å². The Morgan fingerprint density at radius 2 is 2.23 bits per heavy atom. The van der Waals surface area contributed by atoms with E-state index in [2.05, 4.69) is 25.3 Å². The lowest BCUT2D eigenvalue weighted by Crippen LogP contribution is -2.19. The van der Waals surface area contributed by atoms with Crippen LogP contribution in [0, 0.1) is 0 Å². The predicted molar refractivity (Wildman–Crippen MR) is 120 cm³/mol. The fourth-order valence-electron chi connectivity index (χ4n) is 2.74. The normalized spacial score (nSPS) is 16.7. The highest BCUT2D eigenvalue weighted by Gasteiger charge is 2.24. The van der Waals surface area contributed by atoms with E-state index in [1.54, 1.807) is 30.6 Å². The van der Waals surface area contributed by atoms with E-state index in [0.29, 0.717) is 38.8 Å². The van der Waals surface area contributed by atoms with E-state index in [9.17, 15) is 4.79 Å². The predicted octanol–water partition coefficient (Wildman–Crippen LogP) is 3.44. The molecule has 8 nitrogen and oxygen atoms in total. The van der Waals surface area contributed by atoms with Crippen LogP contribution in [0.5, 0.6) is 5.75 Å². The third-order valence-corrected chi connectivity index (χ3v) is 5.49. The lowest BCUT2D eigenvalue weighted by atomic mass is 10.2. The Kier molecular flexibility index (Phi) is 6.03. The summed E-state index contributed by atoms with van der Waals surface area (Å²) >= 11 is 7.60. The first-order valence-corrected chi connectivity index (χ1v) is 10.3. The average molecular weight is 443 g/mol. The van der Waals surface area contributed by atoms with Gasteiger partial charge in [-0.15, -0.1) is 0 Å². The minimum Gasteiger partial charge on any atom is -0.492 e. The monoisotopic (exact) mass is 442 g/mol. The first-order valence-electron chi connectivity index (χ1n) is 9.13. The number of thioether (sulfide) groups is 1. The Morgan fingerprint density at radius 1 is 1.37 bits per heavy atom. The lowest BCUT2D eigenvalue weighted by molar-refractivity contribution is -0.115. The number of nitrogens with zero attached hydrogens (tertiary/aromatic N) is 4. The molecule has 0 bridgehead atoms. The largest absolute Gasteiger partial charge is 0.492 e. The van der Waals surface area contributed by atoms with E-state index in [4.69, 9.17) is 16.3 Å². The molecule has 1 aliphatic heterocycles. The van der Waals surface area contributed by atoms with E-state index in [1.807, 2.05) is 25.1 Å². The van der Waals surface area contributed by atoms with E-state index in [0.717, 1.165) is 17.5 Å². The highest BCUT2D eigenvalue weighted by molar-refractivity contribution is 8.18. The lowest BCUT2D eigenvalue weighted by Gasteiger charge is -2.11. The number of hydrogen-bond donors (Lipinski definition) is 2. The van der Waals surface area contributed by atoms with Crippen LogP contribution >= 0.6 is 23.4 Å². The maximum absolute atomic E-state index is 12.4. The highest BCUT2D eigenvalue weighted by Crippen LogP contribution is 2.33. The quantitative estimate of drug-likeness (QED) is 0.568. The number of aromatic amines is 1. The van der Waals surface area contributed by atoms with Crippen molar-refractivity contribution in [2.75, 3.05) is 27.2 Å². The van der Waals surface area contributed by atoms with Crippen molar-refractivity contribution in [1.82, 2.24) is 25.2 Å². The zero-order valence-corrected chi connectivity index (χ0v) is 17.9. The van der Waals surface area contributed by atoms with Gasteiger partial charge in [0.1, 0.15) is 24.3 Å². The number of halogens is 1. The van der Waals surface area contributed by atoms with Gasteiger partial charge in [-0.1, -0.05) is 11.6 Å². The molecule has 3 heterocycles. The molecule has 4 rings (SSSR count). The van der Waals surface area contributed by atoms with E-state index < -0.39 is 0 Å². The molecule has 3 aromatic rings. The molecule has 154 valence electrons. The molecule has 1 saturated heterocycles. The van der Waals surface area contributed by atoms with Crippen molar-refractivity contribution in [3.8, 4) is 5.75 Å². The second-order valence-corrected chi connectivity index (χ2v) is 8.21. The summed E-state index contributed by atoms with van der Waals surface area (Å²) in [6.45, 7) is 1.37. The molecule has 2 aromatic heterocycles. The first kappa shape index (κ1) is 20.4.